The molecule has 1 fully saturated rings. The van der Waals surface area contributed by atoms with Crippen LogP contribution in [0.3, 0.4) is 0 Å². The number of urea groups is 1. The van der Waals surface area contributed by atoms with Crippen LogP contribution in [0.25, 0.3) is 0 Å². The molecule has 21 heavy (non-hydrogen) atoms. The molecule has 2 N–H and O–H groups in total. The van der Waals surface area contributed by atoms with Crippen LogP contribution in [0.5, 0.6) is 5.75 Å². The molecule has 0 radical (unpaired) electrons. The number of benzene rings is 1. The van der Waals surface area contributed by atoms with Gasteiger partial charge in [-0.1, -0.05) is 0 Å². The van der Waals surface area contributed by atoms with E-state index in [1.165, 1.54) is 17.0 Å². The van der Waals surface area contributed by atoms with Gasteiger partial charge in [0, 0.05) is 18.8 Å². The van der Waals surface area contributed by atoms with Crippen LogP contribution in [0.1, 0.15) is 0 Å². The van der Waals surface area contributed by atoms with Gasteiger partial charge in [0.2, 0.25) is 5.91 Å². The third kappa shape index (κ3) is 4.55. The molecule has 1 saturated heterocycles. The third-order valence-corrected chi connectivity index (χ3v) is 2.66. The maximum absolute atomic E-state index is 12.0. The van der Waals surface area contributed by atoms with Crippen molar-refractivity contribution < 1.29 is 27.5 Å². The van der Waals surface area contributed by atoms with Crippen LogP contribution in [0.15, 0.2) is 24.3 Å². The van der Waals surface area contributed by atoms with Crippen molar-refractivity contribution in [3.8, 4) is 5.75 Å². The molecule has 1 aromatic carbocycles. The molecule has 6 nitrogen and oxygen atoms in total. The molecule has 0 spiro atoms. The van der Waals surface area contributed by atoms with E-state index in [9.17, 15) is 22.8 Å². The monoisotopic (exact) mass is 303 g/mol. The summed E-state index contributed by atoms with van der Waals surface area (Å²) in [5.41, 5.74) is 0.306. The number of nitrogens with zero attached hydrogens (tertiary/aromatic N) is 1. The van der Waals surface area contributed by atoms with E-state index in [0.717, 1.165) is 12.1 Å². The van der Waals surface area contributed by atoms with Gasteiger partial charge in [-0.2, -0.15) is 0 Å². The van der Waals surface area contributed by atoms with Crippen molar-refractivity contribution in [1.82, 2.24) is 10.2 Å². The number of nitrogens with one attached hydrogen (secondary N) is 2. The molecular weight excluding hydrogens is 291 g/mol. The topological polar surface area (TPSA) is 70.7 Å². The van der Waals surface area contributed by atoms with Crippen LogP contribution in [-0.4, -0.2) is 42.8 Å². The lowest BCUT2D eigenvalue weighted by molar-refractivity contribution is -0.274. The Bertz CT molecular complexity index is 531. The van der Waals surface area contributed by atoms with Gasteiger partial charge < -0.3 is 20.3 Å². The summed E-state index contributed by atoms with van der Waals surface area (Å²) in [4.78, 5) is 24.3. The summed E-state index contributed by atoms with van der Waals surface area (Å²) in [6.45, 7) is 0.679. The Hall–Kier alpha value is -2.45. The predicted octanol–water partition coefficient (Wildman–Crippen LogP) is 1.55. The Labute approximate surface area is 117 Å². The molecule has 1 heterocycles. The highest BCUT2D eigenvalue weighted by atomic mass is 19.4. The number of amides is 3. The van der Waals surface area contributed by atoms with Crippen LogP contribution in [-0.2, 0) is 4.79 Å². The minimum absolute atomic E-state index is 0.0545. The largest absolute Gasteiger partial charge is 0.573 e. The summed E-state index contributed by atoms with van der Waals surface area (Å²) in [5.74, 6) is -0.636. The van der Waals surface area contributed by atoms with Crippen LogP contribution >= 0.6 is 0 Å². The van der Waals surface area contributed by atoms with E-state index in [2.05, 4.69) is 15.4 Å². The molecule has 1 aliphatic heterocycles. The van der Waals surface area contributed by atoms with Crippen LogP contribution in [0, 0.1) is 0 Å². The van der Waals surface area contributed by atoms with Gasteiger partial charge in [-0.05, 0) is 24.3 Å². The molecule has 0 aromatic heterocycles. The third-order valence-electron chi connectivity index (χ3n) is 2.66. The van der Waals surface area contributed by atoms with Crippen molar-refractivity contribution in [2.45, 2.75) is 6.36 Å². The van der Waals surface area contributed by atoms with E-state index in [-0.39, 0.29) is 18.2 Å². The fourth-order valence-electron chi connectivity index (χ4n) is 1.75. The zero-order chi connectivity index (χ0) is 15.5. The summed E-state index contributed by atoms with van der Waals surface area (Å²) in [6, 6.07) is 4.25. The highest BCUT2D eigenvalue weighted by Gasteiger charge is 2.31. The number of carbonyl (C=O) groups is 2. The molecule has 0 aliphatic carbocycles. The fraction of sp³-hybridized carbons (Fsp3) is 0.333. The van der Waals surface area contributed by atoms with Crippen LogP contribution < -0.4 is 15.4 Å². The van der Waals surface area contributed by atoms with Crippen molar-refractivity contribution >= 4 is 17.6 Å². The van der Waals surface area contributed by atoms with Gasteiger partial charge >= 0.3 is 12.4 Å². The number of carbonyl (C=O) groups excluding carboxylic acids is 2. The normalized spacial score (nSPS) is 15.4. The lowest BCUT2D eigenvalue weighted by Crippen LogP contribution is -2.51. The Morgan fingerprint density at radius 1 is 1.29 bits per heavy atom. The van der Waals surface area contributed by atoms with Gasteiger partial charge in [-0.3, -0.25) is 4.79 Å². The fourth-order valence-corrected chi connectivity index (χ4v) is 1.75. The summed E-state index contributed by atoms with van der Waals surface area (Å²) in [5, 5.41) is 5.07. The molecule has 3 amide bonds. The first-order valence-electron chi connectivity index (χ1n) is 6.02. The van der Waals surface area contributed by atoms with Crippen molar-refractivity contribution in [3.05, 3.63) is 24.3 Å². The Kier molecular flexibility index (Phi) is 4.20. The summed E-state index contributed by atoms with van der Waals surface area (Å²) in [6.07, 6.45) is -4.76. The lowest BCUT2D eigenvalue weighted by Gasteiger charge is -2.26. The number of piperazine rings is 1. The average molecular weight is 303 g/mol. The van der Waals surface area contributed by atoms with E-state index in [0.29, 0.717) is 18.8 Å². The first kappa shape index (κ1) is 14.9. The number of alkyl halides is 3. The molecule has 9 heteroatoms. The maximum atomic E-state index is 12.0. The van der Waals surface area contributed by atoms with Gasteiger partial charge in [-0.15, -0.1) is 13.2 Å². The van der Waals surface area contributed by atoms with Crippen molar-refractivity contribution in [2.75, 3.05) is 25.0 Å². The number of ether oxygens (including phenoxy) is 1. The van der Waals surface area contributed by atoms with Crippen molar-refractivity contribution in [1.29, 1.82) is 0 Å². The van der Waals surface area contributed by atoms with Crippen LogP contribution in [0.2, 0.25) is 0 Å². The highest BCUT2D eigenvalue weighted by Crippen LogP contribution is 2.24. The molecular formula is C12H12F3N3O3. The smallest absolute Gasteiger partial charge is 0.406 e. The molecule has 114 valence electrons. The van der Waals surface area contributed by atoms with Gasteiger partial charge in [0.25, 0.3) is 0 Å². The minimum Gasteiger partial charge on any atom is -0.406 e. The lowest BCUT2D eigenvalue weighted by atomic mass is 10.3. The number of hydrogen-bond donors (Lipinski definition) is 2. The first-order chi connectivity index (χ1) is 9.83. The summed E-state index contributed by atoms with van der Waals surface area (Å²) >= 11 is 0. The van der Waals surface area contributed by atoms with E-state index in [1.807, 2.05) is 0 Å². The minimum atomic E-state index is -4.76. The second-order valence-corrected chi connectivity index (χ2v) is 4.27. The van der Waals surface area contributed by atoms with Gasteiger partial charge in [0.15, 0.2) is 0 Å². The molecule has 1 aliphatic rings. The quantitative estimate of drug-likeness (QED) is 0.871. The van der Waals surface area contributed by atoms with Crippen LogP contribution in [0.4, 0.5) is 23.7 Å². The number of rotatable bonds is 2. The first-order valence-corrected chi connectivity index (χ1v) is 6.02. The van der Waals surface area contributed by atoms with Crippen molar-refractivity contribution in [3.63, 3.8) is 0 Å². The van der Waals surface area contributed by atoms with E-state index in [1.54, 1.807) is 0 Å². The Morgan fingerprint density at radius 3 is 2.52 bits per heavy atom. The van der Waals surface area contributed by atoms with Gasteiger partial charge in [0.1, 0.15) is 12.3 Å². The van der Waals surface area contributed by atoms with Gasteiger partial charge in [0.05, 0.1) is 0 Å². The number of anilines is 1. The summed E-state index contributed by atoms with van der Waals surface area (Å²) < 4.78 is 39.7. The second-order valence-electron chi connectivity index (χ2n) is 4.27. The molecule has 0 bridgehead atoms. The second kappa shape index (κ2) is 5.90. The SMILES string of the molecule is O=C1CN(C(=O)Nc2ccc(OC(F)(F)F)cc2)CCN1. The summed E-state index contributed by atoms with van der Waals surface area (Å²) in [7, 11) is 0. The maximum Gasteiger partial charge on any atom is 0.573 e. The Balaban J connectivity index is 1.93. The van der Waals surface area contributed by atoms with E-state index >= 15 is 0 Å². The zero-order valence-corrected chi connectivity index (χ0v) is 10.7. The molecule has 0 saturated carbocycles. The predicted molar refractivity (Wildman–Crippen MR) is 66.7 cm³/mol. The van der Waals surface area contributed by atoms with Gasteiger partial charge in [-0.25, -0.2) is 4.79 Å². The number of hydrogen-bond acceptors (Lipinski definition) is 3. The average Bonchev–Trinajstić information content (AvgIpc) is 2.39. The van der Waals surface area contributed by atoms with E-state index < -0.39 is 12.4 Å². The van der Waals surface area contributed by atoms with Crippen molar-refractivity contribution in [2.24, 2.45) is 0 Å². The zero-order valence-electron chi connectivity index (χ0n) is 10.7. The Morgan fingerprint density at radius 2 is 1.95 bits per heavy atom. The molecule has 1 aromatic rings. The molecule has 0 unspecified atom stereocenters. The number of halogens is 3. The highest BCUT2D eigenvalue weighted by molar-refractivity contribution is 5.93. The molecule has 0 atom stereocenters. The molecule has 2 rings (SSSR count). The van der Waals surface area contributed by atoms with E-state index in [4.69, 9.17) is 0 Å². The standard InChI is InChI=1S/C12H12F3N3O3/c13-12(14,15)21-9-3-1-8(2-4-9)17-11(20)18-6-5-16-10(19)7-18/h1-4H,5-7H2,(H,16,19)(H,17,20).